The summed E-state index contributed by atoms with van der Waals surface area (Å²) >= 11 is 3.65. The number of carbonyl (C=O) groups excluding carboxylic acids is 1. The number of halogens is 2. The van der Waals surface area contributed by atoms with E-state index in [9.17, 15) is 9.18 Å². The van der Waals surface area contributed by atoms with Gasteiger partial charge >= 0.3 is 0 Å². The molecule has 0 spiro atoms. The van der Waals surface area contributed by atoms with Gasteiger partial charge in [-0.15, -0.1) is 0 Å². The Morgan fingerprint density at radius 2 is 1.71 bits per heavy atom. The standard InChI is InChI=1S/C33H31BrFN3O4/c34-29-13-5-4-12-28(29)30-33(21-23-8-2-1-3-9-23,32(40)38-36-22-24-10-6-11-26(35)20-24)37-31(42-30)25-14-16-27(17-15-25)41-19-7-18-39/h1-6,8-17,20,30,36,39H,7,18-19,21-22H2,(H,38,40)/t30-,33-/m0/s1. The third kappa shape index (κ3) is 6.87. The van der Waals surface area contributed by atoms with Crippen LogP contribution in [0.2, 0.25) is 0 Å². The van der Waals surface area contributed by atoms with E-state index in [-0.39, 0.29) is 31.3 Å². The molecule has 0 fully saturated rings. The van der Waals surface area contributed by atoms with Crippen LogP contribution < -0.4 is 15.6 Å². The summed E-state index contributed by atoms with van der Waals surface area (Å²) < 4.78 is 26.7. The highest BCUT2D eigenvalue weighted by atomic mass is 79.9. The largest absolute Gasteiger partial charge is 0.494 e. The van der Waals surface area contributed by atoms with Gasteiger partial charge in [0, 0.05) is 41.6 Å². The minimum Gasteiger partial charge on any atom is -0.494 e. The molecule has 7 nitrogen and oxygen atoms in total. The maximum atomic E-state index is 14.2. The lowest BCUT2D eigenvalue weighted by atomic mass is 9.82. The minimum absolute atomic E-state index is 0.0574. The second-order valence-electron chi connectivity index (χ2n) is 9.91. The average molecular weight is 633 g/mol. The number of carbonyl (C=O) groups is 1. The van der Waals surface area contributed by atoms with Crippen molar-refractivity contribution in [2.75, 3.05) is 13.2 Å². The number of aliphatic hydroxyl groups excluding tert-OH is 1. The van der Waals surface area contributed by atoms with Gasteiger partial charge in [-0.1, -0.05) is 76.6 Å². The van der Waals surface area contributed by atoms with Crippen molar-refractivity contribution >= 4 is 27.7 Å². The first-order chi connectivity index (χ1) is 20.5. The van der Waals surface area contributed by atoms with Crippen LogP contribution in [0.1, 0.15) is 34.8 Å². The van der Waals surface area contributed by atoms with Gasteiger partial charge in [0.15, 0.2) is 11.6 Å². The highest BCUT2D eigenvalue weighted by Crippen LogP contribution is 2.44. The van der Waals surface area contributed by atoms with E-state index in [0.717, 1.165) is 15.6 Å². The lowest BCUT2D eigenvalue weighted by Crippen LogP contribution is -2.53. The van der Waals surface area contributed by atoms with Crippen molar-refractivity contribution in [3.63, 3.8) is 0 Å². The van der Waals surface area contributed by atoms with Crippen molar-refractivity contribution in [2.24, 2.45) is 4.99 Å². The molecule has 4 aromatic rings. The quantitative estimate of drug-likeness (QED) is 0.138. The molecule has 216 valence electrons. The fourth-order valence-corrected chi connectivity index (χ4v) is 5.33. The van der Waals surface area contributed by atoms with Gasteiger partial charge in [0.1, 0.15) is 11.6 Å². The summed E-state index contributed by atoms with van der Waals surface area (Å²) in [4.78, 5) is 19.2. The van der Waals surface area contributed by atoms with Gasteiger partial charge in [0.05, 0.1) is 6.61 Å². The fourth-order valence-electron chi connectivity index (χ4n) is 4.84. The van der Waals surface area contributed by atoms with E-state index in [1.807, 2.05) is 78.9 Å². The molecule has 0 aliphatic carbocycles. The van der Waals surface area contributed by atoms with Gasteiger partial charge in [-0.25, -0.2) is 14.8 Å². The zero-order valence-electron chi connectivity index (χ0n) is 22.8. The van der Waals surface area contributed by atoms with Gasteiger partial charge in [-0.05, 0) is 53.6 Å². The van der Waals surface area contributed by atoms with E-state index < -0.39 is 11.6 Å². The number of hydrogen-bond acceptors (Lipinski definition) is 6. The zero-order valence-corrected chi connectivity index (χ0v) is 24.4. The van der Waals surface area contributed by atoms with Gasteiger partial charge < -0.3 is 14.6 Å². The van der Waals surface area contributed by atoms with E-state index in [4.69, 9.17) is 19.6 Å². The molecular weight excluding hydrogens is 601 g/mol. The number of rotatable bonds is 12. The maximum absolute atomic E-state index is 14.2. The molecule has 5 rings (SSSR count). The third-order valence-electron chi connectivity index (χ3n) is 6.92. The van der Waals surface area contributed by atoms with Crippen molar-refractivity contribution < 1.29 is 23.8 Å². The maximum Gasteiger partial charge on any atom is 0.266 e. The van der Waals surface area contributed by atoms with Crippen LogP contribution in [0.4, 0.5) is 4.39 Å². The Morgan fingerprint density at radius 3 is 2.45 bits per heavy atom. The normalized spacial score (nSPS) is 17.8. The first kappa shape index (κ1) is 29.4. The Labute approximate surface area is 252 Å². The average Bonchev–Trinajstić information content (AvgIpc) is 3.38. The number of nitrogens with zero attached hydrogens (tertiary/aromatic N) is 1. The van der Waals surface area contributed by atoms with Crippen LogP contribution in [0, 0.1) is 5.82 Å². The summed E-state index contributed by atoms with van der Waals surface area (Å²) in [5, 5.41) is 9.03. The Balaban J connectivity index is 1.51. The molecule has 0 bridgehead atoms. The van der Waals surface area contributed by atoms with Crippen molar-refractivity contribution in [3.8, 4) is 5.75 Å². The molecule has 0 saturated carbocycles. The summed E-state index contributed by atoms with van der Waals surface area (Å²) in [7, 11) is 0. The molecule has 1 aliphatic heterocycles. The van der Waals surface area contributed by atoms with Gasteiger partial charge in [-0.3, -0.25) is 10.2 Å². The highest BCUT2D eigenvalue weighted by molar-refractivity contribution is 9.10. The number of hydrogen-bond donors (Lipinski definition) is 3. The van der Waals surface area contributed by atoms with E-state index in [2.05, 4.69) is 26.8 Å². The van der Waals surface area contributed by atoms with Crippen LogP contribution >= 0.6 is 15.9 Å². The molecule has 9 heteroatoms. The van der Waals surface area contributed by atoms with Crippen LogP contribution in [-0.2, 0) is 22.5 Å². The summed E-state index contributed by atoms with van der Waals surface area (Å²) in [6.45, 7) is 0.683. The number of hydrazine groups is 1. The molecule has 42 heavy (non-hydrogen) atoms. The van der Waals surface area contributed by atoms with Crippen molar-refractivity contribution in [2.45, 2.75) is 31.0 Å². The van der Waals surface area contributed by atoms with Gasteiger partial charge in [0.2, 0.25) is 5.90 Å². The molecule has 0 radical (unpaired) electrons. The summed E-state index contributed by atoms with van der Waals surface area (Å²) in [6, 6.07) is 30.8. The molecule has 1 aliphatic rings. The number of aliphatic hydroxyl groups is 1. The van der Waals surface area contributed by atoms with Crippen LogP contribution in [0.15, 0.2) is 113 Å². The number of nitrogens with one attached hydrogen (secondary N) is 2. The van der Waals surface area contributed by atoms with Crippen molar-refractivity contribution in [3.05, 3.63) is 136 Å². The number of aliphatic imine (C=N–C) groups is 1. The molecule has 4 aromatic carbocycles. The third-order valence-corrected chi connectivity index (χ3v) is 7.64. The SMILES string of the molecule is O=C(NNCc1cccc(F)c1)[C@@]1(Cc2ccccc2)N=C(c2ccc(OCCCO)cc2)O[C@H]1c1ccccc1Br. The predicted molar refractivity (Wildman–Crippen MR) is 162 cm³/mol. The van der Waals surface area contributed by atoms with E-state index in [0.29, 0.717) is 35.8 Å². The minimum atomic E-state index is -1.38. The Bertz CT molecular complexity index is 1530. The summed E-state index contributed by atoms with van der Waals surface area (Å²) in [5.74, 6) is 0.248. The van der Waals surface area contributed by atoms with Crippen LogP contribution in [-0.4, -0.2) is 35.7 Å². The van der Waals surface area contributed by atoms with E-state index >= 15 is 0 Å². The lowest BCUT2D eigenvalue weighted by molar-refractivity contribution is -0.130. The van der Waals surface area contributed by atoms with Crippen LogP contribution in [0.5, 0.6) is 5.75 Å². The van der Waals surface area contributed by atoms with Crippen molar-refractivity contribution in [1.29, 1.82) is 0 Å². The molecule has 0 aromatic heterocycles. The first-order valence-electron chi connectivity index (χ1n) is 13.7. The topological polar surface area (TPSA) is 92.2 Å². The molecule has 0 saturated heterocycles. The Morgan fingerprint density at radius 1 is 0.976 bits per heavy atom. The second-order valence-corrected chi connectivity index (χ2v) is 10.8. The highest BCUT2D eigenvalue weighted by Gasteiger charge is 2.53. The molecule has 0 unspecified atom stereocenters. The van der Waals surface area contributed by atoms with E-state index in [1.54, 1.807) is 12.1 Å². The zero-order chi connectivity index (χ0) is 29.4. The second kappa shape index (κ2) is 13.7. The molecule has 1 heterocycles. The molecular formula is C33H31BrFN3O4. The monoisotopic (exact) mass is 631 g/mol. The van der Waals surface area contributed by atoms with Gasteiger partial charge in [-0.2, -0.15) is 0 Å². The number of ether oxygens (including phenoxy) is 2. The van der Waals surface area contributed by atoms with Crippen LogP contribution in [0.3, 0.4) is 0 Å². The number of amides is 1. The molecule has 1 amide bonds. The van der Waals surface area contributed by atoms with Crippen molar-refractivity contribution in [1.82, 2.24) is 10.9 Å². The summed E-state index contributed by atoms with van der Waals surface area (Å²) in [5.41, 5.74) is 7.46. The van der Waals surface area contributed by atoms with Gasteiger partial charge in [0.25, 0.3) is 5.91 Å². The lowest BCUT2D eigenvalue weighted by Gasteiger charge is -2.31. The smallest absolute Gasteiger partial charge is 0.266 e. The molecule has 2 atom stereocenters. The Kier molecular flexibility index (Phi) is 9.63. The summed E-state index contributed by atoms with van der Waals surface area (Å²) in [6.07, 6.45) is 0.0362. The number of benzene rings is 4. The first-order valence-corrected chi connectivity index (χ1v) is 14.4. The predicted octanol–water partition coefficient (Wildman–Crippen LogP) is 5.67. The van der Waals surface area contributed by atoms with E-state index in [1.165, 1.54) is 12.1 Å². The molecule has 3 N–H and O–H groups in total. The fraction of sp³-hybridized carbons (Fsp3) is 0.212. The Hall–Kier alpha value is -4.05. The van der Waals surface area contributed by atoms with Crippen LogP contribution in [0.25, 0.3) is 0 Å².